The van der Waals surface area contributed by atoms with E-state index in [1.807, 2.05) is 0 Å². The second kappa shape index (κ2) is 8.86. The van der Waals surface area contributed by atoms with Gasteiger partial charge in [0.05, 0.1) is 0 Å². The van der Waals surface area contributed by atoms with Gasteiger partial charge in [-0.25, -0.2) is 0 Å². The summed E-state index contributed by atoms with van der Waals surface area (Å²) in [5.74, 6) is 0. The highest BCUT2D eigenvalue weighted by atomic mass is 32.1. The molecule has 25 heavy (non-hydrogen) atoms. The lowest BCUT2D eigenvalue weighted by molar-refractivity contribution is 0.346. The molecular weight excluding hydrogens is 326 g/mol. The second-order valence-electron chi connectivity index (χ2n) is 6.68. The van der Waals surface area contributed by atoms with E-state index in [0.717, 1.165) is 36.9 Å². The third-order valence-corrected chi connectivity index (χ3v) is 5.14. The first kappa shape index (κ1) is 17.7. The van der Waals surface area contributed by atoms with Gasteiger partial charge in [-0.2, -0.15) is 0 Å². The number of piperidine rings is 1. The zero-order valence-corrected chi connectivity index (χ0v) is 15.8. The van der Waals surface area contributed by atoms with Gasteiger partial charge < -0.3 is 15.1 Å². The predicted molar refractivity (Wildman–Crippen MR) is 112 cm³/mol. The fourth-order valence-electron chi connectivity index (χ4n) is 3.17. The molecule has 0 amide bonds. The standard InChI is InChI=1S/C21H27N3S/c1-23(17-14-18-8-4-2-5-9-18)20-12-10-19(11-13-20)22-21(25)24-15-6-3-7-16-24/h2,4-5,8-13H,3,6-7,14-17H2,1H3,(H,22,25). The van der Waals surface area contributed by atoms with Crippen molar-refractivity contribution in [2.24, 2.45) is 0 Å². The highest BCUT2D eigenvalue weighted by molar-refractivity contribution is 7.80. The average molecular weight is 354 g/mol. The number of benzene rings is 2. The van der Waals surface area contributed by atoms with Crippen LogP contribution in [-0.4, -0.2) is 36.7 Å². The Kier molecular flexibility index (Phi) is 6.29. The van der Waals surface area contributed by atoms with Crippen LogP contribution in [0.3, 0.4) is 0 Å². The van der Waals surface area contributed by atoms with Gasteiger partial charge in [0.25, 0.3) is 0 Å². The molecule has 1 fully saturated rings. The van der Waals surface area contributed by atoms with Crippen molar-refractivity contribution >= 4 is 28.7 Å². The Balaban J connectivity index is 1.51. The van der Waals surface area contributed by atoms with E-state index in [1.165, 1.54) is 30.5 Å². The van der Waals surface area contributed by atoms with Crippen LogP contribution < -0.4 is 10.2 Å². The number of thiocarbonyl (C=S) groups is 1. The molecule has 0 spiro atoms. The van der Waals surface area contributed by atoms with Gasteiger partial charge >= 0.3 is 0 Å². The van der Waals surface area contributed by atoms with Crippen LogP contribution in [0.5, 0.6) is 0 Å². The minimum atomic E-state index is 0.852. The Labute approximate surface area is 156 Å². The number of likely N-dealkylation sites (N-methyl/N-ethyl adjacent to an activating group) is 1. The van der Waals surface area contributed by atoms with Crippen molar-refractivity contribution in [2.45, 2.75) is 25.7 Å². The van der Waals surface area contributed by atoms with Gasteiger partial charge in [0, 0.05) is 38.1 Å². The first-order chi connectivity index (χ1) is 12.2. The van der Waals surface area contributed by atoms with Gasteiger partial charge in [0.1, 0.15) is 0 Å². The third kappa shape index (κ3) is 5.20. The zero-order chi connectivity index (χ0) is 17.5. The van der Waals surface area contributed by atoms with Crippen LogP contribution in [-0.2, 0) is 6.42 Å². The Morgan fingerprint density at radius 2 is 1.68 bits per heavy atom. The van der Waals surface area contributed by atoms with Crippen LogP contribution in [0.15, 0.2) is 54.6 Å². The quantitative estimate of drug-likeness (QED) is 0.795. The largest absolute Gasteiger partial charge is 0.374 e. The minimum absolute atomic E-state index is 0.852. The molecule has 0 radical (unpaired) electrons. The van der Waals surface area contributed by atoms with Crippen LogP contribution in [0, 0.1) is 0 Å². The second-order valence-corrected chi connectivity index (χ2v) is 7.07. The highest BCUT2D eigenvalue weighted by Crippen LogP contribution is 2.18. The highest BCUT2D eigenvalue weighted by Gasteiger charge is 2.13. The van der Waals surface area contributed by atoms with Gasteiger partial charge in [-0.15, -0.1) is 0 Å². The lowest BCUT2D eigenvalue weighted by Crippen LogP contribution is -2.38. The molecular formula is C21H27N3S. The molecule has 2 aromatic carbocycles. The molecule has 4 heteroatoms. The van der Waals surface area contributed by atoms with Crippen molar-refractivity contribution in [2.75, 3.05) is 36.9 Å². The normalized spacial score (nSPS) is 14.2. The lowest BCUT2D eigenvalue weighted by Gasteiger charge is -2.29. The molecule has 0 aromatic heterocycles. The number of hydrogen-bond acceptors (Lipinski definition) is 2. The molecule has 1 N–H and O–H groups in total. The molecule has 2 aromatic rings. The van der Waals surface area contributed by atoms with E-state index in [1.54, 1.807) is 0 Å². The van der Waals surface area contributed by atoms with Crippen molar-refractivity contribution in [3.05, 3.63) is 60.2 Å². The minimum Gasteiger partial charge on any atom is -0.374 e. The molecule has 3 rings (SSSR count). The topological polar surface area (TPSA) is 18.5 Å². The number of rotatable bonds is 5. The van der Waals surface area contributed by atoms with E-state index < -0.39 is 0 Å². The maximum Gasteiger partial charge on any atom is 0.173 e. The Morgan fingerprint density at radius 3 is 2.36 bits per heavy atom. The zero-order valence-electron chi connectivity index (χ0n) is 14.9. The molecule has 0 aliphatic carbocycles. The number of nitrogens with zero attached hydrogens (tertiary/aromatic N) is 2. The summed E-state index contributed by atoms with van der Waals surface area (Å²) in [7, 11) is 2.14. The summed E-state index contributed by atoms with van der Waals surface area (Å²) in [6, 6.07) is 19.2. The maximum atomic E-state index is 5.54. The van der Waals surface area contributed by atoms with E-state index in [2.05, 4.69) is 76.8 Å². The monoisotopic (exact) mass is 353 g/mol. The van der Waals surface area contributed by atoms with Crippen molar-refractivity contribution < 1.29 is 0 Å². The SMILES string of the molecule is CN(CCc1ccccc1)c1ccc(NC(=S)N2CCCCC2)cc1. The van der Waals surface area contributed by atoms with Gasteiger partial charge in [0.2, 0.25) is 0 Å². The van der Waals surface area contributed by atoms with Crippen LogP contribution in [0.4, 0.5) is 11.4 Å². The molecule has 1 saturated heterocycles. The van der Waals surface area contributed by atoms with E-state index in [9.17, 15) is 0 Å². The van der Waals surface area contributed by atoms with Gasteiger partial charge in [-0.1, -0.05) is 30.3 Å². The summed E-state index contributed by atoms with van der Waals surface area (Å²) in [6.45, 7) is 3.15. The fourth-order valence-corrected chi connectivity index (χ4v) is 3.47. The summed E-state index contributed by atoms with van der Waals surface area (Å²) < 4.78 is 0. The lowest BCUT2D eigenvalue weighted by atomic mass is 10.1. The fraction of sp³-hybridized carbons (Fsp3) is 0.381. The van der Waals surface area contributed by atoms with Gasteiger partial charge in [-0.05, 0) is 67.7 Å². The number of anilines is 2. The molecule has 1 heterocycles. The van der Waals surface area contributed by atoms with Crippen molar-refractivity contribution in [3.8, 4) is 0 Å². The van der Waals surface area contributed by atoms with Gasteiger partial charge in [0.15, 0.2) is 5.11 Å². The van der Waals surface area contributed by atoms with Crippen molar-refractivity contribution in [3.63, 3.8) is 0 Å². The first-order valence-electron chi connectivity index (χ1n) is 9.13. The van der Waals surface area contributed by atoms with Crippen LogP contribution in [0.25, 0.3) is 0 Å². The summed E-state index contributed by atoms with van der Waals surface area (Å²) in [5.41, 5.74) is 3.67. The molecule has 0 unspecified atom stereocenters. The van der Waals surface area contributed by atoms with Gasteiger partial charge in [-0.3, -0.25) is 0 Å². The van der Waals surface area contributed by atoms with Crippen LogP contribution in [0.2, 0.25) is 0 Å². The van der Waals surface area contributed by atoms with E-state index in [0.29, 0.717) is 0 Å². The summed E-state index contributed by atoms with van der Waals surface area (Å²) in [4.78, 5) is 4.57. The molecule has 132 valence electrons. The Morgan fingerprint density at radius 1 is 1.00 bits per heavy atom. The van der Waals surface area contributed by atoms with E-state index >= 15 is 0 Å². The number of nitrogens with one attached hydrogen (secondary N) is 1. The molecule has 0 bridgehead atoms. The van der Waals surface area contributed by atoms with E-state index in [4.69, 9.17) is 12.2 Å². The Bertz CT molecular complexity index is 663. The maximum absolute atomic E-state index is 5.54. The summed E-state index contributed by atoms with van der Waals surface area (Å²) in [6.07, 6.45) is 4.86. The Hall–Kier alpha value is -2.07. The molecule has 1 aliphatic heterocycles. The molecule has 0 saturated carbocycles. The molecule has 1 aliphatic rings. The van der Waals surface area contributed by atoms with Crippen molar-refractivity contribution in [1.82, 2.24) is 4.90 Å². The first-order valence-corrected chi connectivity index (χ1v) is 9.54. The molecule has 0 atom stereocenters. The summed E-state index contributed by atoms with van der Waals surface area (Å²) in [5, 5.41) is 4.23. The smallest absolute Gasteiger partial charge is 0.173 e. The number of likely N-dealkylation sites (tertiary alicyclic amines) is 1. The summed E-state index contributed by atoms with van der Waals surface area (Å²) >= 11 is 5.54. The van der Waals surface area contributed by atoms with Crippen LogP contribution in [0.1, 0.15) is 24.8 Å². The molecule has 3 nitrogen and oxygen atoms in total. The van der Waals surface area contributed by atoms with Crippen LogP contribution >= 0.6 is 12.2 Å². The third-order valence-electron chi connectivity index (χ3n) is 4.78. The number of hydrogen-bond donors (Lipinski definition) is 1. The van der Waals surface area contributed by atoms with E-state index in [-0.39, 0.29) is 0 Å². The predicted octanol–water partition coefficient (Wildman–Crippen LogP) is 4.55. The average Bonchev–Trinajstić information content (AvgIpc) is 2.68. The van der Waals surface area contributed by atoms with Crippen molar-refractivity contribution in [1.29, 1.82) is 0 Å².